The van der Waals surface area contributed by atoms with Crippen LogP contribution >= 0.6 is 0 Å². The summed E-state index contributed by atoms with van der Waals surface area (Å²) in [5.41, 5.74) is 0.677. The summed E-state index contributed by atoms with van der Waals surface area (Å²) < 4.78 is 0. The van der Waals surface area contributed by atoms with Crippen molar-refractivity contribution in [3.05, 3.63) is 24.3 Å². The minimum atomic E-state index is -0.0503. The normalized spacial score (nSPS) is 15.4. The lowest BCUT2D eigenvalue weighted by Crippen LogP contribution is -2.19. The maximum Gasteiger partial charge on any atom is 0.252 e. The van der Waals surface area contributed by atoms with Gasteiger partial charge in [-0.15, -0.1) is 0 Å². The van der Waals surface area contributed by atoms with Gasteiger partial charge in [0, 0.05) is 6.21 Å². The van der Waals surface area contributed by atoms with Crippen LogP contribution in [0.4, 0.5) is 5.69 Å². The molecule has 66 valence electrons. The average Bonchev–Trinajstić information content (AvgIpc) is 2.53. The first kappa shape index (κ1) is 7.79. The second kappa shape index (κ2) is 2.90. The summed E-state index contributed by atoms with van der Waals surface area (Å²) in [4.78, 5) is 11.2. The summed E-state index contributed by atoms with van der Waals surface area (Å²) in [5, 5.41) is 14.2. The van der Waals surface area contributed by atoms with E-state index in [1.807, 2.05) is 0 Å². The van der Waals surface area contributed by atoms with Gasteiger partial charge in [-0.2, -0.15) is 5.10 Å². The van der Waals surface area contributed by atoms with Crippen LogP contribution < -0.4 is 5.01 Å². The fraction of sp³-hybridized carbons (Fsp3) is 0.111. The van der Waals surface area contributed by atoms with E-state index >= 15 is 0 Å². The zero-order chi connectivity index (χ0) is 9.26. The maximum absolute atomic E-state index is 11.2. The molecule has 1 aliphatic rings. The number of hydrogen-bond acceptors (Lipinski definition) is 3. The Kier molecular flexibility index (Phi) is 1.73. The zero-order valence-electron chi connectivity index (χ0n) is 6.84. The van der Waals surface area contributed by atoms with Gasteiger partial charge in [0.1, 0.15) is 5.75 Å². The molecule has 4 nitrogen and oxygen atoms in total. The summed E-state index contributed by atoms with van der Waals surface area (Å²) in [7, 11) is 0. The summed E-state index contributed by atoms with van der Waals surface area (Å²) in [6.45, 7) is 0. The lowest BCUT2D eigenvalue weighted by molar-refractivity contribution is -0.116. The van der Waals surface area contributed by atoms with Crippen LogP contribution in [0.3, 0.4) is 0 Å². The number of carbonyl (C=O) groups is 1. The molecule has 1 aromatic carbocycles. The molecule has 0 fully saturated rings. The fourth-order valence-corrected chi connectivity index (χ4v) is 1.16. The standard InChI is InChI=1S/C9H8N2O2/c12-8-3-1-7(2-4-8)11-9(13)5-6-10-11/h1-4,6,12H,5H2. The predicted octanol–water partition coefficient (Wildman–Crippen LogP) is 1.11. The van der Waals surface area contributed by atoms with Crippen LogP contribution in [0.2, 0.25) is 0 Å². The lowest BCUT2D eigenvalue weighted by Gasteiger charge is -2.10. The number of hydrazone groups is 1. The highest BCUT2D eigenvalue weighted by molar-refractivity contribution is 6.05. The summed E-state index contributed by atoms with van der Waals surface area (Å²) >= 11 is 0. The molecule has 1 heterocycles. The Balaban J connectivity index is 2.30. The highest BCUT2D eigenvalue weighted by atomic mass is 16.3. The van der Waals surface area contributed by atoms with E-state index in [2.05, 4.69) is 5.10 Å². The van der Waals surface area contributed by atoms with Crippen molar-refractivity contribution >= 4 is 17.8 Å². The third kappa shape index (κ3) is 1.38. The molecule has 0 radical (unpaired) electrons. The van der Waals surface area contributed by atoms with Gasteiger partial charge in [0.25, 0.3) is 5.91 Å². The first-order valence-corrected chi connectivity index (χ1v) is 3.92. The van der Waals surface area contributed by atoms with E-state index < -0.39 is 0 Å². The number of aromatic hydroxyl groups is 1. The van der Waals surface area contributed by atoms with Crippen molar-refractivity contribution in [2.45, 2.75) is 6.42 Å². The minimum absolute atomic E-state index is 0.0503. The number of anilines is 1. The van der Waals surface area contributed by atoms with E-state index in [1.165, 1.54) is 17.1 Å². The fourth-order valence-electron chi connectivity index (χ4n) is 1.16. The van der Waals surface area contributed by atoms with Gasteiger partial charge in [0.05, 0.1) is 12.1 Å². The SMILES string of the molecule is O=C1CC=NN1c1ccc(O)cc1. The number of phenolic OH excluding ortho intramolecular Hbond substituents is 1. The molecule has 0 bridgehead atoms. The smallest absolute Gasteiger partial charge is 0.252 e. The lowest BCUT2D eigenvalue weighted by atomic mass is 10.3. The van der Waals surface area contributed by atoms with Gasteiger partial charge in [0.2, 0.25) is 0 Å². The number of benzene rings is 1. The monoisotopic (exact) mass is 176 g/mol. The molecule has 13 heavy (non-hydrogen) atoms. The Morgan fingerprint density at radius 3 is 2.54 bits per heavy atom. The second-order valence-electron chi connectivity index (χ2n) is 2.72. The molecular weight excluding hydrogens is 168 g/mol. The van der Waals surface area contributed by atoms with Crippen molar-refractivity contribution in [3.63, 3.8) is 0 Å². The van der Waals surface area contributed by atoms with E-state index in [9.17, 15) is 4.79 Å². The number of amides is 1. The number of carbonyl (C=O) groups excluding carboxylic acids is 1. The van der Waals surface area contributed by atoms with E-state index in [1.54, 1.807) is 18.3 Å². The van der Waals surface area contributed by atoms with E-state index in [0.29, 0.717) is 12.1 Å². The van der Waals surface area contributed by atoms with Crippen LogP contribution in [-0.4, -0.2) is 17.2 Å². The molecule has 0 unspecified atom stereocenters. The number of rotatable bonds is 1. The minimum Gasteiger partial charge on any atom is -0.508 e. The van der Waals surface area contributed by atoms with Crippen molar-refractivity contribution in [1.82, 2.24) is 0 Å². The first-order chi connectivity index (χ1) is 6.27. The van der Waals surface area contributed by atoms with E-state index in [0.717, 1.165) is 0 Å². The van der Waals surface area contributed by atoms with Crippen molar-refractivity contribution in [2.75, 3.05) is 5.01 Å². The van der Waals surface area contributed by atoms with Gasteiger partial charge in [-0.25, -0.2) is 5.01 Å². The molecule has 0 aliphatic carbocycles. The molecule has 0 saturated heterocycles. The van der Waals surface area contributed by atoms with Crippen LogP contribution in [0.1, 0.15) is 6.42 Å². The molecular formula is C9H8N2O2. The van der Waals surface area contributed by atoms with Crippen molar-refractivity contribution < 1.29 is 9.90 Å². The molecule has 0 spiro atoms. The van der Waals surface area contributed by atoms with Gasteiger partial charge in [-0.05, 0) is 24.3 Å². The molecule has 1 aliphatic heterocycles. The number of nitrogens with zero attached hydrogens (tertiary/aromatic N) is 2. The Hall–Kier alpha value is -1.84. The van der Waals surface area contributed by atoms with Crippen LogP contribution in [0, 0.1) is 0 Å². The first-order valence-electron chi connectivity index (χ1n) is 3.92. The molecule has 1 N–H and O–H groups in total. The predicted molar refractivity (Wildman–Crippen MR) is 48.7 cm³/mol. The van der Waals surface area contributed by atoms with Crippen molar-refractivity contribution in [1.29, 1.82) is 0 Å². The largest absolute Gasteiger partial charge is 0.508 e. The molecule has 1 aromatic rings. The Morgan fingerprint density at radius 2 is 2.00 bits per heavy atom. The zero-order valence-corrected chi connectivity index (χ0v) is 6.84. The summed E-state index contributed by atoms with van der Waals surface area (Å²) in [5.74, 6) is 0.130. The third-order valence-corrected chi connectivity index (χ3v) is 1.79. The Bertz CT molecular complexity index is 356. The van der Waals surface area contributed by atoms with E-state index in [-0.39, 0.29) is 11.7 Å². The summed E-state index contributed by atoms with van der Waals surface area (Å²) in [6, 6.07) is 6.35. The van der Waals surface area contributed by atoms with Gasteiger partial charge in [0.15, 0.2) is 0 Å². The van der Waals surface area contributed by atoms with Crippen molar-refractivity contribution in [2.24, 2.45) is 5.10 Å². The number of hydrogen-bond donors (Lipinski definition) is 1. The number of phenols is 1. The third-order valence-electron chi connectivity index (χ3n) is 1.79. The highest BCUT2D eigenvalue weighted by Gasteiger charge is 2.17. The topological polar surface area (TPSA) is 52.9 Å². The van der Waals surface area contributed by atoms with Crippen LogP contribution in [0.25, 0.3) is 0 Å². The molecule has 4 heteroatoms. The van der Waals surface area contributed by atoms with Crippen LogP contribution in [0.5, 0.6) is 5.75 Å². The molecule has 2 rings (SSSR count). The highest BCUT2D eigenvalue weighted by Crippen LogP contribution is 2.20. The maximum atomic E-state index is 11.2. The molecule has 0 aromatic heterocycles. The van der Waals surface area contributed by atoms with Gasteiger partial charge in [-0.3, -0.25) is 4.79 Å². The van der Waals surface area contributed by atoms with Crippen molar-refractivity contribution in [3.8, 4) is 5.75 Å². The van der Waals surface area contributed by atoms with Gasteiger partial charge in [-0.1, -0.05) is 0 Å². The van der Waals surface area contributed by atoms with Crippen LogP contribution in [-0.2, 0) is 4.79 Å². The average molecular weight is 176 g/mol. The second-order valence-corrected chi connectivity index (χ2v) is 2.72. The Morgan fingerprint density at radius 1 is 1.31 bits per heavy atom. The summed E-state index contributed by atoms with van der Waals surface area (Å²) in [6.07, 6.45) is 1.91. The molecule has 1 amide bonds. The molecule has 0 saturated carbocycles. The van der Waals surface area contributed by atoms with E-state index in [4.69, 9.17) is 5.11 Å². The van der Waals surface area contributed by atoms with Gasteiger partial charge >= 0.3 is 0 Å². The molecule has 0 atom stereocenters. The van der Waals surface area contributed by atoms with Gasteiger partial charge < -0.3 is 5.11 Å². The quantitative estimate of drug-likeness (QED) is 0.696. The Labute approximate surface area is 75.1 Å². The van der Waals surface area contributed by atoms with Crippen LogP contribution in [0.15, 0.2) is 29.4 Å².